The Morgan fingerprint density at radius 3 is 2.75 bits per heavy atom. The lowest BCUT2D eigenvalue weighted by Crippen LogP contribution is -2.25. The Morgan fingerprint density at radius 2 is 2.10 bits per heavy atom. The van der Waals surface area contributed by atoms with Crippen molar-refractivity contribution in [1.29, 1.82) is 0 Å². The van der Waals surface area contributed by atoms with Gasteiger partial charge in [-0.1, -0.05) is 18.2 Å². The van der Waals surface area contributed by atoms with Crippen molar-refractivity contribution in [3.8, 4) is 5.75 Å². The van der Waals surface area contributed by atoms with E-state index in [1.807, 2.05) is 0 Å². The van der Waals surface area contributed by atoms with E-state index in [9.17, 15) is 18.0 Å². The molecule has 0 spiro atoms. The highest BCUT2D eigenvalue weighted by Crippen LogP contribution is 2.26. The number of nitrogens with one attached hydrogen (secondary N) is 2. The van der Waals surface area contributed by atoms with E-state index in [-0.39, 0.29) is 23.7 Å². The maximum absolute atomic E-state index is 12.2. The third-order valence-electron chi connectivity index (χ3n) is 2.19. The molecule has 2 rings (SSSR count). The fourth-order valence-corrected chi connectivity index (χ4v) is 1.39. The molecule has 106 valence electrons. The topological polar surface area (TPSA) is 92.8 Å². The average Bonchev–Trinajstić information content (AvgIpc) is 2.89. The van der Waals surface area contributed by atoms with E-state index in [0.29, 0.717) is 0 Å². The van der Waals surface area contributed by atoms with Gasteiger partial charge in [0, 0.05) is 12.1 Å². The monoisotopic (exact) mass is 287 g/mol. The lowest BCUT2D eigenvalue weighted by atomic mass is 10.2. The number of aromatic amines is 1. The summed E-state index contributed by atoms with van der Waals surface area (Å²) >= 11 is 0. The Kier molecular flexibility index (Phi) is 3.82. The molecule has 2 aromatic rings. The van der Waals surface area contributed by atoms with Gasteiger partial charge in [0.1, 0.15) is 5.75 Å². The molecule has 0 aliphatic carbocycles. The number of nitrogens with zero attached hydrogens (tertiary/aromatic N) is 3. The zero-order valence-corrected chi connectivity index (χ0v) is 9.81. The van der Waals surface area contributed by atoms with Gasteiger partial charge in [0.25, 0.3) is 11.7 Å². The molecule has 0 saturated heterocycles. The quantitative estimate of drug-likeness (QED) is 0.876. The lowest BCUT2D eigenvalue weighted by Gasteiger charge is -2.13. The number of H-pyrrole nitrogens is 1. The van der Waals surface area contributed by atoms with Crippen molar-refractivity contribution in [3.05, 3.63) is 35.7 Å². The minimum Gasteiger partial charge on any atom is -0.405 e. The third-order valence-corrected chi connectivity index (χ3v) is 2.19. The highest BCUT2D eigenvalue weighted by molar-refractivity contribution is 5.89. The van der Waals surface area contributed by atoms with Crippen LogP contribution in [0.5, 0.6) is 5.75 Å². The Morgan fingerprint density at radius 1 is 1.35 bits per heavy atom. The molecule has 10 heteroatoms. The second kappa shape index (κ2) is 5.55. The van der Waals surface area contributed by atoms with Crippen molar-refractivity contribution < 1.29 is 22.7 Å². The molecule has 0 bridgehead atoms. The van der Waals surface area contributed by atoms with Crippen LogP contribution in [0.1, 0.15) is 16.2 Å². The molecule has 1 aromatic carbocycles. The minimum atomic E-state index is -4.80. The van der Waals surface area contributed by atoms with E-state index >= 15 is 0 Å². The number of carbonyl (C=O) groups excluding carboxylic acids is 1. The Balaban J connectivity index is 2.04. The number of rotatable bonds is 4. The summed E-state index contributed by atoms with van der Waals surface area (Å²) in [6, 6.07) is 5.48. The minimum absolute atomic E-state index is 0.167. The van der Waals surface area contributed by atoms with E-state index in [1.54, 1.807) is 0 Å². The smallest absolute Gasteiger partial charge is 0.405 e. The van der Waals surface area contributed by atoms with Crippen LogP contribution >= 0.6 is 0 Å². The third kappa shape index (κ3) is 3.67. The molecule has 0 aliphatic rings. The number of hydrogen-bond acceptors (Lipinski definition) is 5. The first-order valence-corrected chi connectivity index (χ1v) is 5.31. The molecule has 0 radical (unpaired) electrons. The summed E-state index contributed by atoms with van der Waals surface area (Å²) in [5, 5.41) is 14.5. The summed E-state index contributed by atoms with van der Waals surface area (Å²) in [5.41, 5.74) is 0.168. The van der Waals surface area contributed by atoms with Gasteiger partial charge in [0.05, 0.1) is 0 Å². The molecule has 1 heterocycles. The van der Waals surface area contributed by atoms with Crippen molar-refractivity contribution in [2.75, 3.05) is 0 Å². The molecule has 0 unspecified atom stereocenters. The van der Waals surface area contributed by atoms with Crippen LogP contribution in [-0.2, 0) is 6.54 Å². The lowest BCUT2D eigenvalue weighted by molar-refractivity contribution is -0.274. The van der Waals surface area contributed by atoms with E-state index in [0.717, 1.165) is 6.07 Å². The first-order valence-electron chi connectivity index (χ1n) is 5.31. The Labute approximate surface area is 110 Å². The van der Waals surface area contributed by atoms with Gasteiger partial charge in [-0.25, -0.2) is 0 Å². The van der Waals surface area contributed by atoms with Gasteiger partial charge in [0.15, 0.2) is 0 Å². The van der Waals surface area contributed by atoms with Crippen molar-refractivity contribution >= 4 is 5.91 Å². The van der Waals surface area contributed by atoms with Crippen LogP contribution in [0.2, 0.25) is 0 Å². The predicted molar refractivity (Wildman–Crippen MR) is 58.5 cm³/mol. The van der Waals surface area contributed by atoms with Crippen molar-refractivity contribution in [1.82, 2.24) is 25.9 Å². The largest absolute Gasteiger partial charge is 0.573 e. The number of benzene rings is 1. The molecule has 0 fully saturated rings. The molecular weight excluding hydrogens is 279 g/mol. The summed E-state index contributed by atoms with van der Waals surface area (Å²) in [4.78, 5) is 11.5. The molecule has 0 saturated carbocycles. The Bertz CT molecular complexity index is 585. The summed E-state index contributed by atoms with van der Waals surface area (Å²) < 4.78 is 40.5. The number of aromatic nitrogens is 4. The maximum atomic E-state index is 12.2. The highest BCUT2D eigenvalue weighted by atomic mass is 19.4. The van der Waals surface area contributed by atoms with Crippen molar-refractivity contribution in [3.63, 3.8) is 0 Å². The molecule has 7 nitrogen and oxygen atoms in total. The molecule has 2 N–H and O–H groups in total. The van der Waals surface area contributed by atoms with Gasteiger partial charge >= 0.3 is 6.36 Å². The summed E-state index contributed by atoms with van der Waals surface area (Å²) in [5.74, 6) is -1.26. The molecule has 1 aromatic heterocycles. The fraction of sp³-hybridized carbons (Fsp3) is 0.200. The fourth-order valence-electron chi connectivity index (χ4n) is 1.39. The molecular formula is C10H8F3N5O2. The van der Waals surface area contributed by atoms with E-state index < -0.39 is 12.3 Å². The standard InChI is InChI=1S/C10H8F3N5O2/c11-10(12,13)20-7-4-2-1-3-6(7)5-14-9(19)8-15-17-18-16-8/h1-4H,5H2,(H,14,19)(H,15,16,17,18). The van der Waals surface area contributed by atoms with Crippen molar-refractivity contribution in [2.24, 2.45) is 0 Å². The number of halogens is 3. The molecule has 0 aliphatic heterocycles. The number of ether oxygens (including phenoxy) is 1. The van der Waals surface area contributed by atoms with E-state index in [2.05, 4.69) is 30.7 Å². The molecule has 1 amide bonds. The Hall–Kier alpha value is -2.65. The van der Waals surface area contributed by atoms with Gasteiger partial charge in [-0.3, -0.25) is 4.79 Å². The number of tetrazole rings is 1. The average molecular weight is 287 g/mol. The van der Waals surface area contributed by atoms with Gasteiger partial charge < -0.3 is 10.1 Å². The van der Waals surface area contributed by atoms with Crippen LogP contribution in [0.15, 0.2) is 24.3 Å². The number of carbonyl (C=O) groups is 1. The number of para-hydroxylation sites is 1. The second-order valence-electron chi connectivity index (χ2n) is 3.57. The zero-order chi connectivity index (χ0) is 14.6. The highest BCUT2D eigenvalue weighted by Gasteiger charge is 2.32. The number of hydrogen-bond donors (Lipinski definition) is 2. The molecule has 20 heavy (non-hydrogen) atoms. The summed E-state index contributed by atoms with van der Waals surface area (Å²) in [7, 11) is 0. The number of amides is 1. The van der Waals surface area contributed by atoms with Crippen LogP contribution in [-0.4, -0.2) is 32.9 Å². The van der Waals surface area contributed by atoms with Crippen LogP contribution < -0.4 is 10.1 Å². The van der Waals surface area contributed by atoms with Crippen LogP contribution in [0.4, 0.5) is 13.2 Å². The molecule has 0 atom stereocenters. The van der Waals surface area contributed by atoms with E-state index in [1.165, 1.54) is 18.2 Å². The van der Waals surface area contributed by atoms with E-state index in [4.69, 9.17) is 0 Å². The van der Waals surface area contributed by atoms with Gasteiger partial charge in [-0.05, 0) is 11.3 Å². The summed E-state index contributed by atoms with van der Waals surface area (Å²) in [6.07, 6.45) is -4.80. The van der Waals surface area contributed by atoms with Gasteiger partial charge in [0.2, 0.25) is 0 Å². The van der Waals surface area contributed by atoms with Crippen LogP contribution in [0, 0.1) is 0 Å². The predicted octanol–water partition coefficient (Wildman–Crippen LogP) is 1.03. The zero-order valence-electron chi connectivity index (χ0n) is 9.81. The second-order valence-corrected chi connectivity index (χ2v) is 3.57. The van der Waals surface area contributed by atoms with Crippen LogP contribution in [0.3, 0.4) is 0 Å². The first-order chi connectivity index (χ1) is 9.46. The van der Waals surface area contributed by atoms with Crippen molar-refractivity contribution in [2.45, 2.75) is 12.9 Å². The normalized spacial score (nSPS) is 11.2. The maximum Gasteiger partial charge on any atom is 0.573 e. The summed E-state index contributed by atoms with van der Waals surface area (Å²) in [6.45, 7) is -0.167. The van der Waals surface area contributed by atoms with Gasteiger partial charge in [-0.2, -0.15) is 5.21 Å². The van der Waals surface area contributed by atoms with Crippen LogP contribution in [0.25, 0.3) is 0 Å². The number of alkyl halides is 3. The SMILES string of the molecule is O=C(NCc1ccccc1OC(F)(F)F)c1nn[nH]n1. The van der Waals surface area contributed by atoms with Gasteiger partial charge in [-0.15, -0.1) is 23.4 Å². The first kappa shape index (κ1) is 13.8.